The van der Waals surface area contributed by atoms with Crippen molar-refractivity contribution in [2.24, 2.45) is 0 Å². The molecule has 0 aliphatic rings. The molecule has 21 heavy (non-hydrogen) atoms. The first-order chi connectivity index (χ1) is 9.96. The summed E-state index contributed by atoms with van der Waals surface area (Å²) in [5, 5.41) is 0.488. The van der Waals surface area contributed by atoms with Gasteiger partial charge in [0.2, 0.25) is 10.0 Å². The number of benzene rings is 2. The zero-order valence-corrected chi connectivity index (χ0v) is 13.5. The molecule has 2 rings (SSSR count). The molecule has 0 saturated carbocycles. The topological polar surface area (TPSA) is 72.2 Å². The van der Waals surface area contributed by atoms with Crippen LogP contribution in [0, 0.1) is 0 Å². The summed E-state index contributed by atoms with van der Waals surface area (Å²) in [5.74, 6) is 0.419. The third kappa shape index (κ3) is 5.15. The summed E-state index contributed by atoms with van der Waals surface area (Å²) >= 11 is 7.24. The predicted octanol–water partition coefficient (Wildman–Crippen LogP) is 3.46. The van der Waals surface area contributed by atoms with Crippen LogP contribution in [0.2, 0.25) is 5.02 Å². The second kappa shape index (κ2) is 7.06. The highest BCUT2D eigenvalue weighted by molar-refractivity contribution is 8.01. The molecule has 0 unspecified atom stereocenters. The van der Waals surface area contributed by atoms with Gasteiger partial charge in [-0.05, 0) is 30.3 Å². The molecule has 0 radical (unpaired) electrons. The van der Waals surface area contributed by atoms with Crippen LogP contribution in [0.4, 0.5) is 11.4 Å². The second-order valence-electron chi connectivity index (χ2n) is 4.32. The maximum absolute atomic E-state index is 12.0. The van der Waals surface area contributed by atoms with Gasteiger partial charge in [-0.2, -0.15) is 0 Å². The van der Waals surface area contributed by atoms with E-state index in [0.717, 1.165) is 4.90 Å². The van der Waals surface area contributed by atoms with Gasteiger partial charge in [-0.25, -0.2) is 8.42 Å². The van der Waals surface area contributed by atoms with E-state index >= 15 is 0 Å². The lowest BCUT2D eigenvalue weighted by Crippen LogP contribution is -2.18. The van der Waals surface area contributed by atoms with Gasteiger partial charge in [-0.3, -0.25) is 4.72 Å². The van der Waals surface area contributed by atoms with E-state index in [1.54, 1.807) is 30.3 Å². The van der Waals surface area contributed by atoms with Crippen molar-refractivity contribution in [2.45, 2.75) is 4.90 Å². The fourth-order valence-electron chi connectivity index (χ4n) is 1.66. The minimum Gasteiger partial charge on any atom is -0.398 e. The van der Waals surface area contributed by atoms with E-state index in [2.05, 4.69) is 4.72 Å². The summed E-state index contributed by atoms with van der Waals surface area (Å²) in [4.78, 5) is 0.885. The molecule has 0 bridgehead atoms. The number of nitrogen functional groups attached to an aromatic ring is 1. The molecule has 2 aromatic rings. The molecule has 0 atom stereocenters. The standard InChI is InChI=1S/C14H15ClN2O2S2/c15-11-4-3-5-12(10-11)17-21(18,19)9-8-20-14-7-2-1-6-13(14)16/h1-7,10,17H,8-9,16H2. The molecular formula is C14H15ClN2O2S2. The number of sulfonamides is 1. The third-order valence-corrected chi connectivity index (χ3v) is 5.50. The van der Waals surface area contributed by atoms with Crippen molar-refractivity contribution in [2.75, 3.05) is 22.0 Å². The first-order valence-electron chi connectivity index (χ1n) is 6.20. The van der Waals surface area contributed by atoms with E-state index < -0.39 is 10.0 Å². The number of anilines is 2. The average molecular weight is 343 g/mol. The molecule has 0 aromatic heterocycles. The molecule has 0 aliphatic heterocycles. The number of nitrogens with one attached hydrogen (secondary N) is 1. The summed E-state index contributed by atoms with van der Waals surface area (Å²) in [6.45, 7) is 0. The van der Waals surface area contributed by atoms with Crippen molar-refractivity contribution in [3.63, 3.8) is 0 Å². The zero-order valence-electron chi connectivity index (χ0n) is 11.1. The number of para-hydroxylation sites is 1. The minimum atomic E-state index is -3.40. The van der Waals surface area contributed by atoms with E-state index in [-0.39, 0.29) is 5.75 Å². The van der Waals surface area contributed by atoms with Crippen LogP contribution in [0.1, 0.15) is 0 Å². The quantitative estimate of drug-likeness (QED) is 0.623. The molecule has 0 spiro atoms. The van der Waals surface area contributed by atoms with Crippen LogP contribution in [0.15, 0.2) is 53.4 Å². The Balaban J connectivity index is 1.91. The van der Waals surface area contributed by atoms with Gasteiger partial charge in [0.25, 0.3) is 0 Å². The molecule has 0 heterocycles. The Morgan fingerprint density at radius 2 is 1.90 bits per heavy atom. The summed E-state index contributed by atoms with van der Waals surface area (Å²) in [6, 6.07) is 14.0. The van der Waals surface area contributed by atoms with Gasteiger partial charge < -0.3 is 5.73 Å². The first kappa shape index (κ1) is 16.0. The van der Waals surface area contributed by atoms with Crippen LogP contribution in [0.5, 0.6) is 0 Å². The van der Waals surface area contributed by atoms with E-state index in [1.165, 1.54) is 11.8 Å². The van der Waals surface area contributed by atoms with Crippen molar-refractivity contribution in [3.05, 3.63) is 53.6 Å². The lowest BCUT2D eigenvalue weighted by molar-refractivity contribution is 0.602. The predicted molar refractivity (Wildman–Crippen MR) is 90.4 cm³/mol. The van der Waals surface area contributed by atoms with Crippen LogP contribution in [-0.2, 0) is 10.0 Å². The van der Waals surface area contributed by atoms with Gasteiger partial charge in [0, 0.05) is 27.0 Å². The molecule has 7 heteroatoms. The highest BCUT2D eigenvalue weighted by atomic mass is 35.5. The van der Waals surface area contributed by atoms with Crippen molar-refractivity contribution in [1.29, 1.82) is 0 Å². The van der Waals surface area contributed by atoms with Gasteiger partial charge in [0.15, 0.2) is 0 Å². The molecule has 0 saturated heterocycles. The van der Waals surface area contributed by atoms with Gasteiger partial charge in [0.05, 0.1) is 5.75 Å². The van der Waals surface area contributed by atoms with Crippen molar-refractivity contribution >= 4 is 44.8 Å². The SMILES string of the molecule is Nc1ccccc1SCCS(=O)(=O)Nc1cccc(Cl)c1. The maximum atomic E-state index is 12.0. The van der Waals surface area contributed by atoms with Crippen LogP contribution in [0.25, 0.3) is 0 Å². The summed E-state index contributed by atoms with van der Waals surface area (Å²) in [6.07, 6.45) is 0. The highest BCUT2D eigenvalue weighted by Crippen LogP contribution is 2.24. The molecule has 112 valence electrons. The Kier molecular flexibility index (Phi) is 5.39. The Morgan fingerprint density at radius 3 is 2.62 bits per heavy atom. The number of hydrogen-bond acceptors (Lipinski definition) is 4. The second-order valence-corrected chi connectivity index (χ2v) is 7.73. The van der Waals surface area contributed by atoms with E-state index in [0.29, 0.717) is 22.2 Å². The van der Waals surface area contributed by atoms with Crippen LogP contribution in [0.3, 0.4) is 0 Å². The Labute approximate surface area is 133 Å². The maximum Gasteiger partial charge on any atom is 0.233 e. The fourth-order valence-corrected chi connectivity index (χ4v) is 4.27. The lowest BCUT2D eigenvalue weighted by atomic mass is 10.3. The Morgan fingerprint density at radius 1 is 1.14 bits per heavy atom. The average Bonchev–Trinajstić information content (AvgIpc) is 2.40. The van der Waals surface area contributed by atoms with E-state index in [4.69, 9.17) is 17.3 Å². The monoisotopic (exact) mass is 342 g/mol. The molecule has 0 amide bonds. The number of halogens is 1. The third-order valence-electron chi connectivity index (χ3n) is 2.63. The normalized spacial score (nSPS) is 11.3. The largest absolute Gasteiger partial charge is 0.398 e. The number of thioether (sulfide) groups is 1. The van der Waals surface area contributed by atoms with Crippen molar-refractivity contribution < 1.29 is 8.42 Å². The molecule has 2 aromatic carbocycles. The number of nitrogens with two attached hydrogens (primary N) is 1. The van der Waals surface area contributed by atoms with Gasteiger partial charge in [-0.1, -0.05) is 29.8 Å². The van der Waals surface area contributed by atoms with Gasteiger partial charge >= 0.3 is 0 Å². The molecule has 0 aliphatic carbocycles. The summed E-state index contributed by atoms with van der Waals surface area (Å²) in [5.41, 5.74) is 6.93. The lowest BCUT2D eigenvalue weighted by Gasteiger charge is -2.09. The minimum absolute atomic E-state index is 0.00147. The highest BCUT2D eigenvalue weighted by Gasteiger charge is 2.11. The van der Waals surface area contributed by atoms with E-state index in [1.807, 2.05) is 18.2 Å². The van der Waals surface area contributed by atoms with Gasteiger partial charge in [-0.15, -0.1) is 11.8 Å². The van der Waals surface area contributed by atoms with Crippen LogP contribution < -0.4 is 10.5 Å². The van der Waals surface area contributed by atoms with E-state index in [9.17, 15) is 8.42 Å². The zero-order chi connectivity index (χ0) is 15.3. The summed E-state index contributed by atoms with van der Waals surface area (Å²) < 4.78 is 26.5. The van der Waals surface area contributed by atoms with Gasteiger partial charge in [0.1, 0.15) is 0 Å². The van der Waals surface area contributed by atoms with Crippen LogP contribution in [-0.4, -0.2) is 19.9 Å². The molecular weight excluding hydrogens is 328 g/mol. The molecule has 0 fully saturated rings. The number of hydrogen-bond donors (Lipinski definition) is 2. The van der Waals surface area contributed by atoms with Crippen molar-refractivity contribution in [1.82, 2.24) is 0 Å². The first-order valence-corrected chi connectivity index (χ1v) is 9.21. The summed E-state index contributed by atoms with van der Waals surface area (Å²) in [7, 11) is -3.40. The molecule has 4 nitrogen and oxygen atoms in total. The van der Waals surface area contributed by atoms with Crippen molar-refractivity contribution in [3.8, 4) is 0 Å². The number of rotatable bonds is 6. The fraction of sp³-hybridized carbons (Fsp3) is 0.143. The van der Waals surface area contributed by atoms with Crippen LogP contribution >= 0.6 is 23.4 Å². The Bertz CT molecular complexity index is 720. The Hall–Kier alpha value is -1.37. The smallest absolute Gasteiger partial charge is 0.233 e. The molecule has 3 N–H and O–H groups in total.